The molecule has 0 aliphatic carbocycles. The highest BCUT2D eigenvalue weighted by Gasteiger charge is 2.39. The molecule has 2 aromatic carbocycles. The van der Waals surface area contributed by atoms with Crippen LogP contribution >= 0.6 is 11.3 Å². The van der Waals surface area contributed by atoms with E-state index < -0.39 is 36.1 Å². The molecule has 1 unspecified atom stereocenters. The summed E-state index contributed by atoms with van der Waals surface area (Å²) in [6.07, 6.45) is 3.33. The summed E-state index contributed by atoms with van der Waals surface area (Å²) in [6, 6.07) is 13.1. The number of rotatable bonds is 11. The molecule has 2 atom stereocenters. The predicted molar refractivity (Wildman–Crippen MR) is 181 cm³/mol. The van der Waals surface area contributed by atoms with E-state index in [1.54, 1.807) is 34.4 Å². The Morgan fingerprint density at radius 2 is 1.94 bits per heavy atom. The van der Waals surface area contributed by atoms with Gasteiger partial charge in [0.15, 0.2) is 0 Å². The molecule has 4 heterocycles. The third kappa shape index (κ3) is 6.66. The number of thiophene rings is 1. The monoisotopic (exact) mass is 658 g/mol. The van der Waals surface area contributed by atoms with Gasteiger partial charge in [-0.2, -0.15) is 11.3 Å². The molecule has 2 aliphatic heterocycles. The van der Waals surface area contributed by atoms with Crippen LogP contribution < -0.4 is 26.2 Å². The van der Waals surface area contributed by atoms with Crippen LogP contribution in [0.1, 0.15) is 43.4 Å². The van der Waals surface area contributed by atoms with Crippen molar-refractivity contribution in [3.63, 3.8) is 0 Å². The Labute approximate surface area is 276 Å². The molecular formula is C35H39FN6O4S. The van der Waals surface area contributed by atoms with Gasteiger partial charge in [-0.05, 0) is 65.9 Å². The van der Waals surface area contributed by atoms with E-state index in [0.717, 1.165) is 34.0 Å². The largest absolute Gasteiger partial charge is 0.345 e. The summed E-state index contributed by atoms with van der Waals surface area (Å²) < 4.78 is 15.2. The van der Waals surface area contributed by atoms with Gasteiger partial charge in [0.1, 0.15) is 18.8 Å². The lowest BCUT2D eigenvalue weighted by molar-refractivity contribution is -0.133. The van der Waals surface area contributed by atoms with Gasteiger partial charge < -0.3 is 30.7 Å². The number of alkyl halides is 1. The maximum Gasteiger partial charge on any atom is 0.250 e. The lowest BCUT2D eigenvalue weighted by atomic mass is 9.94. The summed E-state index contributed by atoms with van der Waals surface area (Å²) >= 11 is 1.52. The predicted octanol–water partition coefficient (Wildman–Crippen LogP) is 3.84. The van der Waals surface area contributed by atoms with Crippen molar-refractivity contribution in [1.29, 1.82) is 0 Å². The van der Waals surface area contributed by atoms with Crippen LogP contribution in [0.3, 0.4) is 0 Å². The van der Waals surface area contributed by atoms with Crippen molar-refractivity contribution in [2.45, 2.75) is 70.2 Å². The Morgan fingerprint density at radius 1 is 1.13 bits per heavy atom. The van der Waals surface area contributed by atoms with Crippen LogP contribution in [0.15, 0.2) is 65.5 Å². The summed E-state index contributed by atoms with van der Waals surface area (Å²) in [5.41, 5.74) is 9.55. The number of nitrogens with zero attached hydrogens (tertiary/aromatic N) is 3. The number of para-hydroxylation sites is 2. The summed E-state index contributed by atoms with van der Waals surface area (Å²) in [5, 5.41) is 10.5. The molecule has 1 fully saturated rings. The van der Waals surface area contributed by atoms with Gasteiger partial charge in [0.2, 0.25) is 23.6 Å². The molecule has 1 saturated heterocycles. The smallest absolute Gasteiger partial charge is 0.250 e. The van der Waals surface area contributed by atoms with E-state index in [2.05, 4.69) is 10.6 Å². The first-order chi connectivity index (χ1) is 22.5. The van der Waals surface area contributed by atoms with Crippen LogP contribution in [-0.4, -0.2) is 59.0 Å². The quantitative estimate of drug-likeness (QED) is 0.226. The molecule has 12 heteroatoms. The lowest BCUT2D eigenvalue weighted by Crippen LogP contribution is -2.60. The number of amides is 4. The van der Waals surface area contributed by atoms with Crippen LogP contribution in [0.5, 0.6) is 0 Å². The van der Waals surface area contributed by atoms with Crippen LogP contribution in [0.25, 0.3) is 10.9 Å². The number of fused-ring (bicyclic) bond motifs is 2. The van der Waals surface area contributed by atoms with Crippen molar-refractivity contribution in [3.8, 4) is 0 Å². The number of aryl methyl sites for hydroxylation is 1. The molecule has 4 aromatic rings. The number of hydrogen-bond donors (Lipinski definition) is 3. The van der Waals surface area contributed by atoms with Crippen molar-refractivity contribution < 1.29 is 23.6 Å². The van der Waals surface area contributed by atoms with E-state index in [0.29, 0.717) is 24.3 Å². The van der Waals surface area contributed by atoms with Gasteiger partial charge in [-0.1, -0.05) is 30.3 Å². The zero-order valence-corrected chi connectivity index (χ0v) is 27.3. The Kier molecular flexibility index (Phi) is 9.16. The van der Waals surface area contributed by atoms with Crippen LogP contribution in [0, 0.1) is 0 Å². The number of anilines is 2. The number of nitrogens with two attached hydrogens (primary N) is 1. The molecule has 0 bridgehead atoms. The Morgan fingerprint density at radius 3 is 2.64 bits per heavy atom. The Balaban J connectivity index is 1.32. The van der Waals surface area contributed by atoms with E-state index in [4.69, 9.17) is 5.73 Å². The SMILES string of the molecule is CC(C)(N)C(=O)N[C@H](Cc1cn(CCF)c2ccccc12)C(=O)NC1Cc2cccc(N3CCCC3=O)c2N(Cc2ccsc2)C1=O. The summed E-state index contributed by atoms with van der Waals surface area (Å²) in [7, 11) is 0. The van der Waals surface area contributed by atoms with Gasteiger partial charge >= 0.3 is 0 Å². The second kappa shape index (κ2) is 13.3. The molecular weight excluding hydrogens is 619 g/mol. The second-order valence-electron chi connectivity index (χ2n) is 12.8. The van der Waals surface area contributed by atoms with Gasteiger partial charge in [0.25, 0.3) is 0 Å². The Hall–Kier alpha value is -4.55. The normalized spacial score (nSPS) is 17.2. The van der Waals surface area contributed by atoms with Gasteiger partial charge in [0, 0.05) is 42.9 Å². The summed E-state index contributed by atoms with van der Waals surface area (Å²) in [6.45, 7) is 3.56. The molecule has 246 valence electrons. The fraction of sp³-hybridized carbons (Fsp3) is 0.371. The number of halogens is 1. The average molecular weight is 659 g/mol. The molecule has 2 aliphatic rings. The standard InChI is InChI=1S/C35H39FN6O4S/c1-35(2,37)34(46)39-26(18-24-20-40(15-13-36)28-9-4-3-8-25(24)28)32(44)38-27-17-23-7-5-10-29(41-14-6-11-30(41)43)31(23)42(33(27)45)19-22-12-16-47-21-22/h3-5,7-10,12,16,20-21,26-27H,6,11,13-15,17-19,37H2,1-2H3,(H,38,44)(H,39,46)/t26-,27?/m1/s1. The third-order valence-electron chi connectivity index (χ3n) is 8.79. The highest BCUT2D eigenvalue weighted by Crippen LogP contribution is 2.40. The van der Waals surface area contributed by atoms with Crippen molar-refractivity contribution in [1.82, 2.24) is 15.2 Å². The lowest BCUT2D eigenvalue weighted by Gasteiger charge is -2.37. The fourth-order valence-electron chi connectivity index (χ4n) is 6.42. The van der Waals surface area contributed by atoms with E-state index >= 15 is 0 Å². The van der Waals surface area contributed by atoms with Crippen LogP contribution in [-0.2, 0) is 45.1 Å². The zero-order valence-electron chi connectivity index (χ0n) is 26.5. The van der Waals surface area contributed by atoms with E-state index in [1.807, 2.05) is 59.3 Å². The van der Waals surface area contributed by atoms with Gasteiger partial charge in [-0.25, -0.2) is 4.39 Å². The number of hydrogen-bond acceptors (Lipinski definition) is 6. The molecule has 0 saturated carbocycles. The number of aromatic nitrogens is 1. The van der Waals surface area contributed by atoms with E-state index in [9.17, 15) is 23.6 Å². The molecule has 10 nitrogen and oxygen atoms in total. The maximum absolute atomic E-state index is 14.3. The molecule has 2 aromatic heterocycles. The maximum atomic E-state index is 14.3. The van der Waals surface area contributed by atoms with Crippen molar-refractivity contribution in [2.75, 3.05) is 23.0 Å². The van der Waals surface area contributed by atoms with Gasteiger partial charge in [-0.15, -0.1) is 0 Å². The fourth-order valence-corrected chi connectivity index (χ4v) is 7.08. The first kappa shape index (κ1) is 32.4. The van der Waals surface area contributed by atoms with Crippen LogP contribution in [0.2, 0.25) is 0 Å². The van der Waals surface area contributed by atoms with Crippen molar-refractivity contribution in [2.24, 2.45) is 5.73 Å². The number of carbonyl (C=O) groups is 4. The Bertz CT molecular complexity index is 1810. The topological polar surface area (TPSA) is 130 Å². The van der Waals surface area contributed by atoms with E-state index in [-0.39, 0.29) is 37.7 Å². The first-order valence-electron chi connectivity index (χ1n) is 15.8. The third-order valence-corrected chi connectivity index (χ3v) is 9.52. The highest BCUT2D eigenvalue weighted by molar-refractivity contribution is 7.07. The molecule has 0 spiro atoms. The summed E-state index contributed by atoms with van der Waals surface area (Å²) in [5.74, 6) is -1.34. The summed E-state index contributed by atoms with van der Waals surface area (Å²) in [4.78, 5) is 57.7. The molecule has 47 heavy (non-hydrogen) atoms. The van der Waals surface area contributed by atoms with Gasteiger partial charge in [-0.3, -0.25) is 19.2 Å². The van der Waals surface area contributed by atoms with Gasteiger partial charge in [0.05, 0.1) is 30.0 Å². The minimum Gasteiger partial charge on any atom is -0.345 e. The van der Waals surface area contributed by atoms with Crippen molar-refractivity contribution in [3.05, 3.63) is 82.2 Å². The van der Waals surface area contributed by atoms with Crippen molar-refractivity contribution >= 4 is 57.2 Å². The zero-order chi connectivity index (χ0) is 33.3. The first-order valence-corrected chi connectivity index (χ1v) is 16.8. The second-order valence-corrected chi connectivity index (χ2v) is 13.5. The average Bonchev–Trinajstić information content (AvgIpc) is 3.79. The number of carbonyl (C=O) groups excluding carboxylic acids is 4. The molecule has 4 amide bonds. The molecule has 6 rings (SSSR count). The number of benzene rings is 2. The number of nitrogens with one attached hydrogen (secondary N) is 2. The highest BCUT2D eigenvalue weighted by atomic mass is 32.1. The minimum atomic E-state index is -1.26. The van der Waals surface area contributed by atoms with E-state index in [1.165, 1.54) is 11.3 Å². The van der Waals surface area contributed by atoms with Crippen LogP contribution in [0.4, 0.5) is 15.8 Å². The minimum absolute atomic E-state index is 0.0195. The molecule has 4 N–H and O–H groups in total. The molecule has 0 radical (unpaired) electrons.